The van der Waals surface area contributed by atoms with Gasteiger partial charge in [-0.25, -0.2) is 4.99 Å². The van der Waals surface area contributed by atoms with Crippen molar-refractivity contribution in [1.29, 1.82) is 0 Å². The van der Waals surface area contributed by atoms with Gasteiger partial charge in [-0.2, -0.15) is 0 Å². The van der Waals surface area contributed by atoms with Crippen LogP contribution in [0.25, 0.3) is 0 Å². The summed E-state index contributed by atoms with van der Waals surface area (Å²) in [6, 6.07) is 10.0. The van der Waals surface area contributed by atoms with Gasteiger partial charge >= 0.3 is 0 Å². The van der Waals surface area contributed by atoms with Crippen LogP contribution in [0.1, 0.15) is 59.3 Å². The van der Waals surface area contributed by atoms with Crippen LogP contribution in [0.15, 0.2) is 40.3 Å². The van der Waals surface area contributed by atoms with Crippen molar-refractivity contribution in [2.75, 3.05) is 11.9 Å². The molecule has 24 heavy (non-hydrogen) atoms. The van der Waals surface area contributed by atoms with Gasteiger partial charge in [0.2, 0.25) is 5.96 Å². The minimum absolute atomic E-state index is 0.373. The van der Waals surface area contributed by atoms with Crippen LogP contribution in [0, 0.1) is 0 Å². The molecule has 1 aliphatic heterocycles. The summed E-state index contributed by atoms with van der Waals surface area (Å²) in [5.74, 6) is 1.52. The van der Waals surface area contributed by atoms with Gasteiger partial charge in [0.25, 0.3) is 0 Å². The van der Waals surface area contributed by atoms with Crippen molar-refractivity contribution in [2.24, 2.45) is 9.98 Å². The van der Waals surface area contributed by atoms with Gasteiger partial charge in [0.05, 0.1) is 0 Å². The summed E-state index contributed by atoms with van der Waals surface area (Å²) < 4.78 is 0. The molecule has 1 heterocycles. The lowest BCUT2D eigenvalue weighted by Gasteiger charge is -2.31. The minimum Gasteiger partial charge on any atom is -0.332 e. The summed E-state index contributed by atoms with van der Waals surface area (Å²) in [4.78, 5) is 9.30. The Morgan fingerprint density at radius 1 is 1.04 bits per heavy atom. The summed E-state index contributed by atoms with van der Waals surface area (Å²) in [5.41, 5.74) is 0.638. The van der Waals surface area contributed by atoms with E-state index >= 15 is 0 Å². The molecular formula is C19H31N5. The quantitative estimate of drug-likeness (QED) is 0.629. The second kappa shape index (κ2) is 9.30. The molecule has 0 radical (unpaired) electrons. The highest BCUT2D eigenvalue weighted by Gasteiger charge is 2.24. The maximum atomic E-state index is 4.66. The number of para-hydroxylation sites is 1. The van der Waals surface area contributed by atoms with Crippen molar-refractivity contribution < 1.29 is 0 Å². The van der Waals surface area contributed by atoms with Crippen LogP contribution in [0.5, 0.6) is 0 Å². The SMILES string of the molecule is CCCCCCCCN=C1NC(Nc2ccccc2)=NC(C)(C)N1. The monoisotopic (exact) mass is 329 g/mol. The average molecular weight is 329 g/mol. The standard InChI is InChI=1S/C19H31N5/c1-4-5-6-7-8-12-15-20-17-22-18(24-19(2,3)23-17)21-16-13-10-9-11-14-16/h9-11,13-14H,4-8,12,15H2,1-3H3,(H3,20,21,22,23,24). The Morgan fingerprint density at radius 2 is 1.75 bits per heavy atom. The molecule has 3 N–H and O–H groups in total. The molecule has 0 aromatic heterocycles. The summed E-state index contributed by atoms with van der Waals surface area (Å²) in [5, 5.41) is 9.89. The number of nitrogens with one attached hydrogen (secondary N) is 3. The van der Waals surface area contributed by atoms with Gasteiger partial charge in [0, 0.05) is 12.2 Å². The molecule has 0 aliphatic carbocycles. The van der Waals surface area contributed by atoms with Gasteiger partial charge in [-0.3, -0.25) is 10.3 Å². The van der Waals surface area contributed by atoms with E-state index in [9.17, 15) is 0 Å². The normalized spacial score (nSPS) is 17.8. The van der Waals surface area contributed by atoms with Crippen LogP contribution in [0.3, 0.4) is 0 Å². The van der Waals surface area contributed by atoms with Crippen LogP contribution in [0.2, 0.25) is 0 Å². The van der Waals surface area contributed by atoms with Crippen LogP contribution in [-0.2, 0) is 0 Å². The molecule has 0 fully saturated rings. The molecule has 1 aliphatic rings. The van der Waals surface area contributed by atoms with Crippen LogP contribution in [-0.4, -0.2) is 24.1 Å². The highest BCUT2D eigenvalue weighted by atomic mass is 15.4. The number of rotatable bonds is 8. The van der Waals surface area contributed by atoms with Crippen molar-refractivity contribution in [3.05, 3.63) is 30.3 Å². The third-order valence-electron chi connectivity index (χ3n) is 3.87. The molecular weight excluding hydrogens is 298 g/mol. The topological polar surface area (TPSA) is 60.8 Å². The number of hydrogen-bond acceptors (Lipinski definition) is 3. The summed E-state index contributed by atoms with van der Waals surface area (Å²) in [6.07, 6.45) is 7.68. The summed E-state index contributed by atoms with van der Waals surface area (Å²) >= 11 is 0. The van der Waals surface area contributed by atoms with Crippen molar-refractivity contribution in [1.82, 2.24) is 10.6 Å². The van der Waals surface area contributed by atoms with Gasteiger partial charge in [0.15, 0.2) is 5.96 Å². The fourth-order valence-corrected chi connectivity index (χ4v) is 2.65. The molecule has 0 atom stereocenters. The lowest BCUT2D eigenvalue weighted by molar-refractivity contribution is 0.468. The zero-order valence-corrected chi connectivity index (χ0v) is 15.2. The summed E-state index contributed by atoms with van der Waals surface area (Å²) in [7, 11) is 0. The molecule has 0 spiro atoms. The highest BCUT2D eigenvalue weighted by Crippen LogP contribution is 2.11. The molecule has 5 heteroatoms. The zero-order valence-electron chi connectivity index (χ0n) is 15.2. The van der Waals surface area contributed by atoms with E-state index in [1.807, 2.05) is 44.2 Å². The van der Waals surface area contributed by atoms with E-state index in [2.05, 4.69) is 32.9 Å². The highest BCUT2D eigenvalue weighted by molar-refractivity contribution is 6.07. The van der Waals surface area contributed by atoms with E-state index in [1.165, 1.54) is 32.1 Å². The Morgan fingerprint density at radius 3 is 2.50 bits per heavy atom. The van der Waals surface area contributed by atoms with Gasteiger partial charge < -0.3 is 10.6 Å². The van der Waals surface area contributed by atoms with Gasteiger partial charge in [-0.1, -0.05) is 57.2 Å². The Bertz CT molecular complexity index is 548. The van der Waals surface area contributed by atoms with Gasteiger partial charge in [-0.05, 0) is 32.4 Å². The van der Waals surface area contributed by atoms with E-state index in [-0.39, 0.29) is 5.66 Å². The van der Waals surface area contributed by atoms with Crippen LogP contribution < -0.4 is 16.0 Å². The van der Waals surface area contributed by atoms with Gasteiger partial charge in [0.1, 0.15) is 5.66 Å². The largest absolute Gasteiger partial charge is 0.332 e. The molecule has 0 saturated carbocycles. The lowest BCUT2D eigenvalue weighted by atomic mass is 10.1. The number of benzene rings is 1. The van der Waals surface area contributed by atoms with Crippen LogP contribution in [0.4, 0.5) is 5.69 Å². The molecule has 0 saturated heterocycles. The fourth-order valence-electron chi connectivity index (χ4n) is 2.65. The van der Waals surface area contributed by atoms with E-state index in [0.717, 1.165) is 30.6 Å². The van der Waals surface area contributed by atoms with Crippen molar-refractivity contribution >= 4 is 17.6 Å². The van der Waals surface area contributed by atoms with E-state index in [4.69, 9.17) is 0 Å². The third-order valence-corrected chi connectivity index (χ3v) is 3.87. The second-order valence-electron chi connectivity index (χ2n) is 6.76. The zero-order chi connectivity index (χ0) is 17.3. The molecule has 1 aromatic carbocycles. The molecule has 0 amide bonds. The maximum Gasteiger partial charge on any atom is 0.204 e. The van der Waals surface area contributed by atoms with Crippen molar-refractivity contribution in [3.63, 3.8) is 0 Å². The number of nitrogens with zero attached hydrogens (tertiary/aromatic N) is 2. The predicted molar refractivity (Wildman–Crippen MR) is 104 cm³/mol. The predicted octanol–water partition coefficient (Wildman–Crippen LogP) is 4.10. The van der Waals surface area contributed by atoms with E-state index in [1.54, 1.807) is 0 Å². The number of aliphatic imine (C=N–C) groups is 2. The first-order valence-electron chi connectivity index (χ1n) is 9.10. The Hall–Kier alpha value is -2.04. The molecule has 5 nitrogen and oxygen atoms in total. The smallest absolute Gasteiger partial charge is 0.204 e. The fraction of sp³-hybridized carbons (Fsp3) is 0.579. The van der Waals surface area contributed by atoms with Crippen molar-refractivity contribution in [3.8, 4) is 0 Å². The van der Waals surface area contributed by atoms with E-state index in [0.29, 0.717) is 0 Å². The molecule has 1 aromatic rings. The van der Waals surface area contributed by atoms with E-state index < -0.39 is 0 Å². The first-order chi connectivity index (χ1) is 11.6. The minimum atomic E-state index is -0.373. The third kappa shape index (κ3) is 6.60. The Balaban J connectivity index is 1.84. The summed E-state index contributed by atoms with van der Waals surface area (Å²) in [6.45, 7) is 7.18. The van der Waals surface area contributed by atoms with Crippen molar-refractivity contribution in [2.45, 2.75) is 65.0 Å². The Kier molecular flexibility index (Phi) is 7.09. The number of hydrogen-bond donors (Lipinski definition) is 3. The van der Waals surface area contributed by atoms with Crippen LogP contribution >= 0.6 is 0 Å². The number of anilines is 1. The molecule has 2 rings (SSSR count). The average Bonchev–Trinajstić information content (AvgIpc) is 2.53. The first-order valence-corrected chi connectivity index (χ1v) is 9.10. The first kappa shape index (κ1) is 18.3. The Labute approximate surface area is 146 Å². The number of unbranched alkanes of at least 4 members (excludes halogenated alkanes) is 5. The molecule has 0 bridgehead atoms. The van der Waals surface area contributed by atoms with Gasteiger partial charge in [-0.15, -0.1) is 0 Å². The second-order valence-corrected chi connectivity index (χ2v) is 6.76. The lowest BCUT2D eigenvalue weighted by Crippen LogP contribution is -2.57. The maximum absolute atomic E-state index is 4.66. The molecule has 132 valence electrons. The molecule has 0 unspecified atom stereocenters. The number of guanidine groups is 2.